The lowest BCUT2D eigenvalue weighted by Gasteiger charge is -2.37. The Kier molecular flexibility index (Phi) is 4.21. The first kappa shape index (κ1) is 14.0. The molecule has 104 valence electrons. The fraction of sp³-hybridized carbons (Fsp3) is 0.538. The summed E-state index contributed by atoms with van der Waals surface area (Å²) >= 11 is 5.00. The first-order valence-electron chi connectivity index (χ1n) is 6.38. The average Bonchev–Trinajstić information content (AvgIpc) is 2.84. The molecule has 2 N–H and O–H groups in total. The fourth-order valence-corrected chi connectivity index (χ4v) is 2.35. The monoisotopic (exact) mass is 281 g/mol. The second kappa shape index (κ2) is 5.71. The van der Waals surface area contributed by atoms with Gasteiger partial charge in [0.05, 0.1) is 11.0 Å². The van der Waals surface area contributed by atoms with Crippen molar-refractivity contribution >= 4 is 23.1 Å². The van der Waals surface area contributed by atoms with E-state index in [2.05, 4.69) is 4.90 Å². The average molecular weight is 281 g/mol. The lowest BCUT2D eigenvalue weighted by molar-refractivity contribution is 0.0590. The van der Waals surface area contributed by atoms with Crippen LogP contribution < -0.4 is 5.73 Å². The Hall–Kier alpha value is -1.40. The van der Waals surface area contributed by atoms with E-state index in [1.54, 1.807) is 17.0 Å². The van der Waals surface area contributed by atoms with E-state index in [1.165, 1.54) is 0 Å². The molecule has 0 aliphatic carbocycles. The standard InChI is InChI=1S/C13H19N3O2S/c1-9-3-4-11(18-9)13(17)16-7-5-15(6-8-16)10(2)12(14)19/h3-4,10H,5-8H2,1-2H3,(H2,14,19). The second-order valence-electron chi connectivity index (χ2n) is 4.82. The minimum absolute atomic E-state index is 0.0456. The van der Waals surface area contributed by atoms with Crippen molar-refractivity contribution in [2.75, 3.05) is 26.2 Å². The molecule has 0 bridgehead atoms. The third kappa shape index (κ3) is 3.13. The van der Waals surface area contributed by atoms with Gasteiger partial charge in [-0.15, -0.1) is 0 Å². The predicted molar refractivity (Wildman–Crippen MR) is 77.2 cm³/mol. The smallest absolute Gasteiger partial charge is 0.289 e. The maximum Gasteiger partial charge on any atom is 0.289 e. The number of hydrogen-bond acceptors (Lipinski definition) is 4. The zero-order valence-corrected chi connectivity index (χ0v) is 12.1. The molecular weight excluding hydrogens is 262 g/mol. The van der Waals surface area contributed by atoms with E-state index in [9.17, 15) is 4.79 Å². The van der Waals surface area contributed by atoms with Gasteiger partial charge in [0, 0.05) is 26.2 Å². The minimum Gasteiger partial charge on any atom is -0.456 e. The molecule has 1 aliphatic heterocycles. The van der Waals surface area contributed by atoms with Crippen LogP contribution in [-0.2, 0) is 0 Å². The normalized spacial score (nSPS) is 18.3. The van der Waals surface area contributed by atoms with Crippen LogP contribution in [0.1, 0.15) is 23.2 Å². The molecule has 1 atom stereocenters. The maximum absolute atomic E-state index is 12.2. The van der Waals surface area contributed by atoms with Crippen LogP contribution in [0.25, 0.3) is 0 Å². The van der Waals surface area contributed by atoms with Gasteiger partial charge in [-0.05, 0) is 26.0 Å². The zero-order valence-electron chi connectivity index (χ0n) is 11.3. The molecule has 1 saturated heterocycles. The molecule has 1 amide bonds. The summed E-state index contributed by atoms with van der Waals surface area (Å²) in [6.45, 7) is 6.74. The van der Waals surface area contributed by atoms with E-state index in [1.807, 2.05) is 13.8 Å². The molecular formula is C13H19N3O2S. The summed E-state index contributed by atoms with van der Waals surface area (Å²) in [6.07, 6.45) is 0. The summed E-state index contributed by atoms with van der Waals surface area (Å²) in [5.74, 6) is 1.12. The van der Waals surface area contributed by atoms with Gasteiger partial charge in [-0.3, -0.25) is 9.69 Å². The zero-order chi connectivity index (χ0) is 14.0. The molecule has 2 rings (SSSR count). The van der Waals surface area contributed by atoms with Crippen LogP contribution >= 0.6 is 12.2 Å². The third-order valence-corrected chi connectivity index (χ3v) is 3.85. The Morgan fingerprint density at radius 3 is 2.47 bits per heavy atom. The molecule has 0 radical (unpaired) electrons. The topological polar surface area (TPSA) is 62.7 Å². The Balaban J connectivity index is 1.93. The van der Waals surface area contributed by atoms with Crippen LogP contribution in [0.15, 0.2) is 16.5 Å². The molecule has 6 heteroatoms. The number of furan rings is 1. The molecule has 1 aromatic rings. The maximum atomic E-state index is 12.2. The number of thiocarbonyl (C=S) groups is 1. The number of nitrogens with zero attached hydrogens (tertiary/aromatic N) is 2. The molecule has 1 aromatic heterocycles. The number of piperazine rings is 1. The van der Waals surface area contributed by atoms with Gasteiger partial charge in [-0.1, -0.05) is 12.2 Å². The van der Waals surface area contributed by atoms with Gasteiger partial charge in [0.1, 0.15) is 5.76 Å². The number of amides is 1. The number of carbonyl (C=O) groups excluding carboxylic acids is 1. The molecule has 0 saturated carbocycles. The van der Waals surface area contributed by atoms with E-state index < -0.39 is 0 Å². The van der Waals surface area contributed by atoms with Crippen molar-refractivity contribution in [1.82, 2.24) is 9.80 Å². The molecule has 0 aromatic carbocycles. The van der Waals surface area contributed by atoms with E-state index in [-0.39, 0.29) is 11.9 Å². The fourth-order valence-electron chi connectivity index (χ4n) is 2.20. The second-order valence-corrected chi connectivity index (χ2v) is 5.29. The highest BCUT2D eigenvalue weighted by Gasteiger charge is 2.26. The van der Waals surface area contributed by atoms with Crippen molar-refractivity contribution < 1.29 is 9.21 Å². The van der Waals surface area contributed by atoms with Crippen molar-refractivity contribution in [2.24, 2.45) is 5.73 Å². The highest BCUT2D eigenvalue weighted by atomic mass is 32.1. The summed E-state index contributed by atoms with van der Waals surface area (Å²) < 4.78 is 5.37. The van der Waals surface area contributed by atoms with Gasteiger partial charge in [0.15, 0.2) is 5.76 Å². The van der Waals surface area contributed by atoms with E-state index >= 15 is 0 Å². The van der Waals surface area contributed by atoms with Gasteiger partial charge >= 0.3 is 0 Å². The van der Waals surface area contributed by atoms with E-state index in [0.717, 1.165) is 18.8 Å². The van der Waals surface area contributed by atoms with Crippen LogP contribution in [0.3, 0.4) is 0 Å². The quantitative estimate of drug-likeness (QED) is 0.838. The molecule has 5 nitrogen and oxygen atoms in total. The molecule has 1 unspecified atom stereocenters. The van der Waals surface area contributed by atoms with Gasteiger partial charge in [-0.25, -0.2) is 0 Å². The first-order chi connectivity index (χ1) is 8.99. The summed E-state index contributed by atoms with van der Waals surface area (Å²) in [6, 6.07) is 3.61. The summed E-state index contributed by atoms with van der Waals surface area (Å²) in [5, 5.41) is 0. The van der Waals surface area contributed by atoms with Crippen LogP contribution in [0.5, 0.6) is 0 Å². The number of rotatable bonds is 3. The number of hydrogen-bond donors (Lipinski definition) is 1. The Morgan fingerprint density at radius 1 is 1.37 bits per heavy atom. The molecule has 2 heterocycles. The SMILES string of the molecule is Cc1ccc(C(=O)N2CCN(C(C)C(N)=S)CC2)o1. The summed E-state index contributed by atoms with van der Waals surface area (Å²) in [7, 11) is 0. The highest BCUT2D eigenvalue weighted by Crippen LogP contribution is 2.13. The van der Waals surface area contributed by atoms with E-state index in [4.69, 9.17) is 22.4 Å². The van der Waals surface area contributed by atoms with Crippen LogP contribution in [0.4, 0.5) is 0 Å². The van der Waals surface area contributed by atoms with Crippen molar-refractivity contribution in [3.8, 4) is 0 Å². The van der Waals surface area contributed by atoms with Crippen LogP contribution in [0.2, 0.25) is 0 Å². The molecule has 1 fully saturated rings. The Labute approximate surface area is 118 Å². The highest BCUT2D eigenvalue weighted by molar-refractivity contribution is 7.80. The molecule has 1 aliphatic rings. The van der Waals surface area contributed by atoms with Crippen molar-refractivity contribution in [2.45, 2.75) is 19.9 Å². The Bertz CT molecular complexity index is 478. The first-order valence-corrected chi connectivity index (χ1v) is 6.79. The molecule has 0 spiro atoms. The molecule has 19 heavy (non-hydrogen) atoms. The van der Waals surface area contributed by atoms with Gasteiger partial charge < -0.3 is 15.1 Å². The van der Waals surface area contributed by atoms with Gasteiger partial charge in [0.2, 0.25) is 0 Å². The van der Waals surface area contributed by atoms with Crippen LogP contribution in [-0.4, -0.2) is 52.9 Å². The van der Waals surface area contributed by atoms with Gasteiger partial charge in [-0.2, -0.15) is 0 Å². The number of carbonyl (C=O) groups is 1. The lowest BCUT2D eigenvalue weighted by atomic mass is 10.2. The predicted octanol–water partition coefficient (Wildman–Crippen LogP) is 1.02. The minimum atomic E-state index is -0.0456. The summed E-state index contributed by atoms with van der Waals surface area (Å²) in [5.41, 5.74) is 5.65. The van der Waals surface area contributed by atoms with Crippen molar-refractivity contribution in [1.29, 1.82) is 0 Å². The Morgan fingerprint density at radius 2 is 2.00 bits per heavy atom. The largest absolute Gasteiger partial charge is 0.456 e. The van der Waals surface area contributed by atoms with Crippen LogP contribution in [0, 0.1) is 6.92 Å². The number of nitrogens with two attached hydrogens (primary N) is 1. The van der Waals surface area contributed by atoms with Crippen molar-refractivity contribution in [3.63, 3.8) is 0 Å². The lowest BCUT2D eigenvalue weighted by Crippen LogP contribution is -2.53. The van der Waals surface area contributed by atoms with Crippen molar-refractivity contribution in [3.05, 3.63) is 23.7 Å². The third-order valence-electron chi connectivity index (χ3n) is 3.51. The number of aryl methyl sites for hydroxylation is 1. The van der Waals surface area contributed by atoms with E-state index in [0.29, 0.717) is 23.8 Å². The van der Waals surface area contributed by atoms with Gasteiger partial charge in [0.25, 0.3) is 5.91 Å². The summed E-state index contributed by atoms with van der Waals surface area (Å²) in [4.78, 5) is 16.7.